The van der Waals surface area contributed by atoms with Crippen LogP contribution < -0.4 is 9.80 Å². The lowest BCUT2D eigenvalue weighted by Gasteiger charge is -2.37. The van der Waals surface area contributed by atoms with Gasteiger partial charge in [-0.15, -0.1) is 0 Å². The third kappa shape index (κ3) is 3.93. The van der Waals surface area contributed by atoms with Crippen LogP contribution in [0.4, 0.5) is 11.6 Å². The van der Waals surface area contributed by atoms with E-state index in [4.69, 9.17) is 0 Å². The van der Waals surface area contributed by atoms with Crippen molar-refractivity contribution in [3.8, 4) is 0 Å². The van der Waals surface area contributed by atoms with E-state index in [2.05, 4.69) is 36.6 Å². The number of piperidine rings is 1. The lowest BCUT2D eigenvalue weighted by atomic mass is 9.99. The SMILES string of the molecule is CCC1CCCCN1C(=O)c1cncc(N2CCN(c3ncccn3)CC2)c1. The summed E-state index contributed by atoms with van der Waals surface area (Å²) in [7, 11) is 0. The average molecular weight is 380 g/mol. The van der Waals surface area contributed by atoms with Crippen molar-refractivity contribution in [2.45, 2.75) is 38.6 Å². The third-order valence-electron chi connectivity index (χ3n) is 5.81. The van der Waals surface area contributed by atoms with Crippen molar-refractivity contribution >= 4 is 17.5 Å². The molecular weight excluding hydrogens is 352 g/mol. The van der Waals surface area contributed by atoms with Gasteiger partial charge in [-0.25, -0.2) is 9.97 Å². The number of pyridine rings is 1. The van der Waals surface area contributed by atoms with Crippen molar-refractivity contribution in [3.63, 3.8) is 0 Å². The van der Waals surface area contributed by atoms with E-state index in [1.54, 1.807) is 18.6 Å². The summed E-state index contributed by atoms with van der Waals surface area (Å²) in [5.74, 6) is 0.900. The van der Waals surface area contributed by atoms with Crippen molar-refractivity contribution in [1.82, 2.24) is 19.9 Å². The highest BCUT2D eigenvalue weighted by Gasteiger charge is 2.27. The number of carbonyl (C=O) groups is 1. The molecule has 7 heteroatoms. The van der Waals surface area contributed by atoms with Gasteiger partial charge in [-0.05, 0) is 37.8 Å². The van der Waals surface area contributed by atoms with Crippen molar-refractivity contribution in [2.24, 2.45) is 0 Å². The molecule has 2 saturated heterocycles. The Kier molecular flexibility index (Phi) is 5.69. The normalized spacial score (nSPS) is 20.3. The Morgan fingerprint density at radius 1 is 1.04 bits per heavy atom. The van der Waals surface area contributed by atoms with Crippen LogP contribution in [0.1, 0.15) is 43.0 Å². The summed E-state index contributed by atoms with van der Waals surface area (Å²) in [5.41, 5.74) is 1.72. The molecule has 4 heterocycles. The van der Waals surface area contributed by atoms with Gasteiger partial charge in [0.25, 0.3) is 5.91 Å². The van der Waals surface area contributed by atoms with Crippen LogP contribution in [0.2, 0.25) is 0 Å². The molecule has 2 aliphatic rings. The fourth-order valence-corrected chi connectivity index (χ4v) is 4.20. The number of aromatic nitrogens is 3. The highest BCUT2D eigenvalue weighted by atomic mass is 16.2. The van der Waals surface area contributed by atoms with Gasteiger partial charge in [-0.1, -0.05) is 6.92 Å². The quantitative estimate of drug-likeness (QED) is 0.812. The van der Waals surface area contributed by atoms with Gasteiger partial charge in [0, 0.05) is 57.4 Å². The molecule has 2 aromatic rings. The lowest BCUT2D eigenvalue weighted by Crippen LogP contribution is -2.47. The van der Waals surface area contributed by atoms with Crippen LogP contribution in [0.5, 0.6) is 0 Å². The minimum atomic E-state index is 0.122. The monoisotopic (exact) mass is 380 g/mol. The summed E-state index contributed by atoms with van der Waals surface area (Å²) in [6.07, 6.45) is 11.6. The van der Waals surface area contributed by atoms with Crippen LogP contribution in [-0.4, -0.2) is 64.5 Å². The van der Waals surface area contributed by atoms with Gasteiger partial charge in [0.2, 0.25) is 5.95 Å². The first-order chi connectivity index (χ1) is 13.8. The second-order valence-electron chi connectivity index (χ2n) is 7.51. The molecule has 148 valence electrons. The zero-order valence-corrected chi connectivity index (χ0v) is 16.5. The van der Waals surface area contributed by atoms with Crippen LogP contribution >= 0.6 is 0 Å². The van der Waals surface area contributed by atoms with E-state index in [0.29, 0.717) is 11.6 Å². The molecule has 1 atom stereocenters. The van der Waals surface area contributed by atoms with Crippen LogP contribution in [0.25, 0.3) is 0 Å². The Morgan fingerprint density at radius 2 is 1.79 bits per heavy atom. The summed E-state index contributed by atoms with van der Waals surface area (Å²) < 4.78 is 0. The second kappa shape index (κ2) is 8.54. The number of hydrogen-bond donors (Lipinski definition) is 0. The highest BCUT2D eigenvalue weighted by Crippen LogP contribution is 2.24. The minimum absolute atomic E-state index is 0.122. The van der Waals surface area contributed by atoms with Crippen LogP contribution in [0.15, 0.2) is 36.9 Å². The molecule has 0 bridgehead atoms. The maximum atomic E-state index is 13.1. The average Bonchev–Trinajstić information content (AvgIpc) is 2.79. The first-order valence-corrected chi connectivity index (χ1v) is 10.3. The fraction of sp³-hybridized carbons (Fsp3) is 0.524. The fourth-order valence-electron chi connectivity index (χ4n) is 4.20. The Morgan fingerprint density at radius 3 is 2.54 bits per heavy atom. The van der Waals surface area contributed by atoms with Gasteiger partial charge in [0.15, 0.2) is 0 Å². The number of likely N-dealkylation sites (tertiary alicyclic amines) is 1. The molecule has 4 rings (SSSR count). The van der Waals surface area contributed by atoms with Gasteiger partial charge in [0.1, 0.15) is 0 Å². The van der Waals surface area contributed by atoms with E-state index in [1.165, 1.54) is 6.42 Å². The zero-order chi connectivity index (χ0) is 19.3. The molecule has 0 aromatic carbocycles. The summed E-state index contributed by atoms with van der Waals surface area (Å²) in [6.45, 7) is 6.45. The molecule has 1 unspecified atom stereocenters. The molecule has 1 amide bonds. The predicted molar refractivity (Wildman–Crippen MR) is 110 cm³/mol. The van der Waals surface area contributed by atoms with Crippen molar-refractivity contribution in [3.05, 3.63) is 42.5 Å². The summed E-state index contributed by atoms with van der Waals surface area (Å²) >= 11 is 0. The van der Waals surface area contributed by atoms with E-state index in [1.807, 2.05) is 18.3 Å². The number of hydrogen-bond acceptors (Lipinski definition) is 6. The number of rotatable bonds is 4. The van der Waals surface area contributed by atoms with Crippen molar-refractivity contribution in [1.29, 1.82) is 0 Å². The summed E-state index contributed by atoms with van der Waals surface area (Å²) in [4.78, 5) is 32.7. The highest BCUT2D eigenvalue weighted by molar-refractivity contribution is 5.95. The number of carbonyl (C=O) groups excluding carboxylic acids is 1. The van der Waals surface area contributed by atoms with Gasteiger partial charge in [-0.3, -0.25) is 9.78 Å². The second-order valence-corrected chi connectivity index (χ2v) is 7.51. The van der Waals surface area contributed by atoms with Gasteiger partial charge in [0.05, 0.1) is 17.4 Å². The maximum absolute atomic E-state index is 13.1. The van der Waals surface area contributed by atoms with E-state index in [-0.39, 0.29) is 5.91 Å². The zero-order valence-electron chi connectivity index (χ0n) is 16.5. The van der Waals surface area contributed by atoms with E-state index in [0.717, 1.165) is 63.6 Å². The number of piperazine rings is 1. The Balaban J connectivity index is 1.43. The molecule has 0 radical (unpaired) electrons. The Hall–Kier alpha value is -2.70. The van der Waals surface area contributed by atoms with Gasteiger partial charge >= 0.3 is 0 Å². The molecular formula is C21H28N6O. The van der Waals surface area contributed by atoms with Crippen molar-refractivity contribution in [2.75, 3.05) is 42.5 Å². The Bertz CT molecular complexity index is 790. The van der Waals surface area contributed by atoms with Crippen LogP contribution in [-0.2, 0) is 0 Å². The summed E-state index contributed by atoms with van der Waals surface area (Å²) in [5, 5.41) is 0. The Labute approximate surface area is 166 Å². The van der Waals surface area contributed by atoms with E-state index >= 15 is 0 Å². The third-order valence-corrected chi connectivity index (χ3v) is 5.81. The van der Waals surface area contributed by atoms with E-state index in [9.17, 15) is 4.79 Å². The van der Waals surface area contributed by atoms with Crippen LogP contribution in [0, 0.1) is 0 Å². The topological polar surface area (TPSA) is 65.5 Å². The lowest BCUT2D eigenvalue weighted by molar-refractivity contribution is 0.0607. The number of nitrogens with zero attached hydrogens (tertiary/aromatic N) is 6. The van der Waals surface area contributed by atoms with Gasteiger partial charge < -0.3 is 14.7 Å². The molecule has 2 fully saturated rings. The largest absolute Gasteiger partial charge is 0.367 e. The predicted octanol–water partition coefficient (Wildman–Crippen LogP) is 2.60. The number of amides is 1. The molecule has 0 saturated carbocycles. The molecule has 2 aliphatic heterocycles. The van der Waals surface area contributed by atoms with Crippen molar-refractivity contribution < 1.29 is 4.79 Å². The van der Waals surface area contributed by atoms with Gasteiger partial charge in [-0.2, -0.15) is 0 Å². The first kappa shape index (κ1) is 18.7. The molecule has 2 aromatic heterocycles. The molecule has 7 nitrogen and oxygen atoms in total. The molecule has 0 aliphatic carbocycles. The molecule has 0 spiro atoms. The maximum Gasteiger partial charge on any atom is 0.255 e. The first-order valence-electron chi connectivity index (χ1n) is 10.3. The molecule has 28 heavy (non-hydrogen) atoms. The van der Waals surface area contributed by atoms with Crippen LogP contribution in [0.3, 0.4) is 0 Å². The smallest absolute Gasteiger partial charge is 0.255 e. The minimum Gasteiger partial charge on any atom is -0.367 e. The van der Waals surface area contributed by atoms with E-state index < -0.39 is 0 Å². The summed E-state index contributed by atoms with van der Waals surface area (Å²) in [6, 6.07) is 4.20. The standard InChI is InChI=1S/C21H28N6O/c1-2-18-6-3-4-9-27(18)20(28)17-14-19(16-22-15-17)25-10-12-26(13-11-25)21-23-7-5-8-24-21/h5,7-8,14-16,18H,2-4,6,9-13H2,1H3. The molecule has 0 N–H and O–H groups in total. The number of anilines is 2.